The van der Waals surface area contributed by atoms with Crippen LogP contribution in [0.15, 0.2) is 59.0 Å². The first-order valence-electron chi connectivity index (χ1n) is 9.04. The number of carbonyl (C=O) groups is 1. The summed E-state index contributed by atoms with van der Waals surface area (Å²) in [7, 11) is 0. The lowest BCUT2D eigenvalue weighted by Gasteiger charge is -2.12. The van der Waals surface area contributed by atoms with Gasteiger partial charge in [-0.25, -0.2) is 0 Å². The van der Waals surface area contributed by atoms with Crippen molar-refractivity contribution >= 4 is 34.8 Å². The fourth-order valence-corrected chi connectivity index (χ4v) is 2.95. The van der Waals surface area contributed by atoms with Gasteiger partial charge in [-0.1, -0.05) is 23.7 Å². The molecule has 5 nitrogen and oxygen atoms in total. The van der Waals surface area contributed by atoms with E-state index in [1.807, 2.05) is 68.4 Å². The maximum absolute atomic E-state index is 12.1. The van der Waals surface area contributed by atoms with Crippen LogP contribution in [0.4, 0.5) is 0 Å². The van der Waals surface area contributed by atoms with Crippen molar-refractivity contribution in [2.24, 2.45) is 0 Å². The van der Waals surface area contributed by atoms with E-state index in [0.29, 0.717) is 23.1 Å². The highest BCUT2D eigenvalue weighted by molar-refractivity contribution is 7.80. The summed E-state index contributed by atoms with van der Waals surface area (Å²) in [5.74, 6) is 1.78. The molecule has 0 radical (unpaired) electrons. The lowest BCUT2D eigenvalue weighted by atomic mass is 10.1. The number of amides is 1. The summed E-state index contributed by atoms with van der Waals surface area (Å²) in [5, 5.41) is 6.43. The van der Waals surface area contributed by atoms with Gasteiger partial charge in [0, 0.05) is 10.6 Å². The highest BCUT2D eigenvalue weighted by atomic mass is 35.5. The molecule has 2 aromatic carbocycles. The van der Waals surface area contributed by atoms with Gasteiger partial charge in [0.05, 0.1) is 6.54 Å². The molecule has 150 valence electrons. The van der Waals surface area contributed by atoms with Crippen molar-refractivity contribution in [3.05, 3.63) is 76.5 Å². The van der Waals surface area contributed by atoms with E-state index in [1.54, 1.807) is 0 Å². The number of furan rings is 1. The molecule has 0 aliphatic carbocycles. The number of nitrogens with one attached hydrogen (secondary N) is 2. The number of rotatable bonds is 6. The van der Waals surface area contributed by atoms with Gasteiger partial charge in [0.15, 0.2) is 11.7 Å². The molecule has 0 fully saturated rings. The minimum absolute atomic E-state index is 0.117. The Kier molecular flexibility index (Phi) is 6.90. The third kappa shape index (κ3) is 5.82. The number of aryl methyl sites for hydroxylation is 1. The van der Waals surface area contributed by atoms with Gasteiger partial charge in [-0.15, -0.1) is 0 Å². The number of benzene rings is 2. The van der Waals surface area contributed by atoms with Crippen molar-refractivity contribution in [3.8, 4) is 17.1 Å². The first kappa shape index (κ1) is 20.9. The van der Waals surface area contributed by atoms with E-state index in [-0.39, 0.29) is 17.6 Å². The minimum atomic E-state index is -0.329. The SMILES string of the molecule is Cc1cccc(OCC(=O)NC(=S)NCc2ccc(-c3ccc(Cl)cc3)o2)c1C. The number of thiocarbonyl (C=S) groups is 1. The molecule has 3 rings (SSSR count). The van der Waals surface area contributed by atoms with Crippen LogP contribution in [-0.2, 0) is 11.3 Å². The highest BCUT2D eigenvalue weighted by Gasteiger charge is 2.09. The molecule has 0 saturated heterocycles. The standard InChI is InChI=1S/C22H21ClN2O3S/c1-14-4-3-5-19(15(14)2)27-13-21(26)25-22(29)24-12-18-10-11-20(28-18)16-6-8-17(23)9-7-16/h3-11H,12-13H2,1-2H3,(H2,24,25,26,29). The Bertz CT molecular complexity index is 1020. The van der Waals surface area contributed by atoms with E-state index >= 15 is 0 Å². The van der Waals surface area contributed by atoms with Crippen LogP contribution in [0, 0.1) is 13.8 Å². The molecule has 0 bridgehead atoms. The Morgan fingerprint density at radius 3 is 2.62 bits per heavy atom. The van der Waals surface area contributed by atoms with Gasteiger partial charge in [-0.2, -0.15) is 0 Å². The Balaban J connectivity index is 1.45. The average molecular weight is 429 g/mol. The zero-order valence-electron chi connectivity index (χ0n) is 16.1. The van der Waals surface area contributed by atoms with Crippen molar-refractivity contribution in [1.82, 2.24) is 10.6 Å². The number of ether oxygens (including phenoxy) is 1. The Hall–Kier alpha value is -2.83. The maximum Gasteiger partial charge on any atom is 0.264 e. The molecule has 0 aliphatic heterocycles. The largest absolute Gasteiger partial charge is 0.483 e. The topological polar surface area (TPSA) is 63.5 Å². The lowest BCUT2D eigenvalue weighted by Crippen LogP contribution is -2.41. The molecule has 0 unspecified atom stereocenters. The number of carbonyl (C=O) groups excluding carboxylic acids is 1. The maximum atomic E-state index is 12.1. The molecular formula is C22H21ClN2O3S. The predicted molar refractivity (Wildman–Crippen MR) is 118 cm³/mol. The van der Waals surface area contributed by atoms with Gasteiger partial charge < -0.3 is 19.8 Å². The van der Waals surface area contributed by atoms with E-state index in [2.05, 4.69) is 10.6 Å². The number of halogens is 1. The quantitative estimate of drug-likeness (QED) is 0.553. The molecule has 2 N–H and O–H groups in total. The second kappa shape index (κ2) is 9.58. The zero-order valence-corrected chi connectivity index (χ0v) is 17.7. The summed E-state index contributed by atoms with van der Waals surface area (Å²) in [4.78, 5) is 12.1. The van der Waals surface area contributed by atoms with Crippen LogP contribution in [0.3, 0.4) is 0 Å². The second-order valence-corrected chi connectivity index (χ2v) is 7.34. The second-order valence-electron chi connectivity index (χ2n) is 6.49. The van der Waals surface area contributed by atoms with Crippen molar-refractivity contribution in [2.45, 2.75) is 20.4 Å². The van der Waals surface area contributed by atoms with Gasteiger partial charge in [-0.3, -0.25) is 4.79 Å². The molecule has 7 heteroatoms. The molecule has 1 amide bonds. The van der Waals surface area contributed by atoms with Crippen LogP contribution in [0.2, 0.25) is 5.02 Å². The summed E-state index contributed by atoms with van der Waals surface area (Å²) in [6, 6.07) is 16.8. The normalized spacial score (nSPS) is 10.4. The summed E-state index contributed by atoms with van der Waals surface area (Å²) >= 11 is 11.1. The number of hydrogen-bond donors (Lipinski definition) is 2. The first-order chi connectivity index (χ1) is 13.9. The van der Waals surface area contributed by atoms with Gasteiger partial charge in [0.1, 0.15) is 17.3 Å². The highest BCUT2D eigenvalue weighted by Crippen LogP contribution is 2.24. The molecule has 0 atom stereocenters. The molecule has 1 heterocycles. The molecule has 0 aliphatic rings. The fraction of sp³-hybridized carbons (Fsp3) is 0.182. The average Bonchev–Trinajstić information content (AvgIpc) is 3.17. The molecule has 0 spiro atoms. The van der Waals surface area contributed by atoms with Crippen LogP contribution in [0.25, 0.3) is 11.3 Å². The number of hydrogen-bond acceptors (Lipinski definition) is 4. The van der Waals surface area contributed by atoms with E-state index in [1.165, 1.54) is 0 Å². The van der Waals surface area contributed by atoms with Crippen molar-refractivity contribution in [3.63, 3.8) is 0 Å². The van der Waals surface area contributed by atoms with Gasteiger partial charge >= 0.3 is 0 Å². The summed E-state index contributed by atoms with van der Waals surface area (Å²) < 4.78 is 11.4. The van der Waals surface area contributed by atoms with E-state index in [0.717, 1.165) is 22.5 Å². The van der Waals surface area contributed by atoms with Crippen molar-refractivity contribution in [2.75, 3.05) is 6.61 Å². The van der Waals surface area contributed by atoms with Crippen LogP contribution in [0.5, 0.6) is 5.75 Å². The predicted octanol–water partition coefficient (Wildman–Crippen LogP) is 4.79. The minimum Gasteiger partial charge on any atom is -0.483 e. The Labute approximate surface area is 180 Å². The molecule has 1 aromatic heterocycles. The summed E-state index contributed by atoms with van der Waals surface area (Å²) in [6.45, 7) is 4.18. The van der Waals surface area contributed by atoms with Crippen LogP contribution in [0.1, 0.15) is 16.9 Å². The van der Waals surface area contributed by atoms with Gasteiger partial charge in [0.2, 0.25) is 0 Å². The molecule has 29 heavy (non-hydrogen) atoms. The molecule has 0 saturated carbocycles. The molecule has 3 aromatic rings. The van der Waals surface area contributed by atoms with Crippen LogP contribution < -0.4 is 15.4 Å². The molecular weight excluding hydrogens is 408 g/mol. The van der Waals surface area contributed by atoms with Crippen molar-refractivity contribution < 1.29 is 13.9 Å². The zero-order chi connectivity index (χ0) is 20.8. The van der Waals surface area contributed by atoms with Crippen LogP contribution >= 0.6 is 23.8 Å². The third-order valence-electron chi connectivity index (χ3n) is 4.38. The van der Waals surface area contributed by atoms with Crippen molar-refractivity contribution in [1.29, 1.82) is 0 Å². The smallest absolute Gasteiger partial charge is 0.264 e. The van der Waals surface area contributed by atoms with Crippen LogP contribution in [-0.4, -0.2) is 17.6 Å². The van der Waals surface area contributed by atoms with Gasteiger partial charge in [0.25, 0.3) is 5.91 Å². The fourth-order valence-electron chi connectivity index (χ4n) is 2.64. The summed E-state index contributed by atoms with van der Waals surface area (Å²) in [6.07, 6.45) is 0. The Morgan fingerprint density at radius 1 is 1.10 bits per heavy atom. The monoisotopic (exact) mass is 428 g/mol. The van der Waals surface area contributed by atoms with E-state index < -0.39 is 0 Å². The lowest BCUT2D eigenvalue weighted by molar-refractivity contribution is -0.121. The third-order valence-corrected chi connectivity index (χ3v) is 4.88. The van der Waals surface area contributed by atoms with Gasteiger partial charge in [-0.05, 0) is 79.7 Å². The first-order valence-corrected chi connectivity index (χ1v) is 9.82. The van der Waals surface area contributed by atoms with E-state index in [9.17, 15) is 4.79 Å². The van der Waals surface area contributed by atoms with E-state index in [4.69, 9.17) is 33.0 Å². The summed E-state index contributed by atoms with van der Waals surface area (Å²) in [5.41, 5.74) is 3.05. The Morgan fingerprint density at radius 2 is 1.86 bits per heavy atom.